The molecular weight excluding hydrogens is 360 g/mol. The second-order valence-electron chi connectivity index (χ2n) is 4.09. The molecule has 2 aromatic carbocycles. The molecule has 0 atom stereocenters. The first-order valence-electron chi connectivity index (χ1n) is 5.75. The number of aromatic nitrogens is 1. The van der Waals surface area contributed by atoms with Crippen molar-refractivity contribution in [2.45, 2.75) is 0 Å². The van der Waals surface area contributed by atoms with Crippen LogP contribution in [0.4, 0.5) is 5.13 Å². The van der Waals surface area contributed by atoms with Crippen molar-refractivity contribution in [1.29, 1.82) is 0 Å². The molecular formula is C14H8BrClN2OS. The van der Waals surface area contributed by atoms with Crippen molar-refractivity contribution in [3.8, 4) is 0 Å². The number of nitrogens with zero attached hydrogens (tertiary/aromatic N) is 1. The molecule has 1 amide bonds. The van der Waals surface area contributed by atoms with Gasteiger partial charge < -0.3 is 0 Å². The molecule has 1 N–H and O–H groups in total. The molecule has 0 aliphatic carbocycles. The summed E-state index contributed by atoms with van der Waals surface area (Å²) < 4.78 is 1.88. The summed E-state index contributed by atoms with van der Waals surface area (Å²) in [6.07, 6.45) is 0. The Hall–Kier alpha value is -1.43. The van der Waals surface area contributed by atoms with Gasteiger partial charge in [0.2, 0.25) is 0 Å². The van der Waals surface area contributed by atoms with Crippen LogP contribution in [0.3, 0.4) is 0 Å². The number of hydrogen-bond acceptors (Lipinski definition) is 3. The van der Waals surface area contributed by atoms with Crippen molar-refractivity contribution in [3.05, 3.63) is 57.5 Å². The number of carbonyl (C=O) groups excluding carboxylic acids is 1. The van der Waals surface area contributed by atoms with E-state index in [1.54, 1.807) is 18.2 Å². The highest BCUT2D eigenvalue weighted by atomic mass is 79.9. The first-order chi connectivity index (χ1) is 9.61. The summed E-state index contributed by atoms with van der Waals surface area (Å²) in [5.74, 6) is -0.178. The predicted octanol–water partition coefficient (Wildman–Crippen LogP) is 4.96. The third-order valence-electron chi connectivity index (χ3n) is 2.68. The molecule has 3 rings (SSSR count). The molecule has 0 fully saturated rings. The van der Waals surface area contributed by atoms with Gasteiger partial charge in [0.25, 0.3) is 5.91 Å². The molecule has 6 heteroatoms. The van der Waals surface area contributed by atoms with E-state index in [0.29, 0.717) is 15.7 Å². The van der Waals surface area contributed by atoms with Gasteiger partial charge in [-0.15, -0.1) is 0 Å². The first-order valence-corrected chi connectivity index (χ1v) is 7.73. The smallest absolute Gasteiger partial charge is 0.257 e. The van der Waals surface area contributed by atoms with Gasteiger partial charge in [0.15, 0.2) is 5.13 Å². The van der Waals surface area contributed by atoms with Crippen molar-refractivity contribution in [2.24, 2.45) is 0 Å². The number of fused-ring (bicyclic) bond motifs is 1. The molecule has 0 aliphatic heterocycles. The van der Waals surface area contributed by atoms with Gasteiger partial charge in [-0.3, -0.25) is 10.1 Å². The standard InChI is InChI=1S/C14H8BrClN2OS/c15-9-3-1-8(2-4-9)13(19)18-14-17-11-6-5-10(16)7-12(11)20-14/h1-7H,(H,17,18,19). The zero-order valence-electron chi connectivity index (χ0n) is 10.1. The van der Waals surface area contributed by atoms with Crippen LogP contribution >= 0.6 is 38.9 Å². The molecule has 0 saturated heterocycles. The molecule has 0 aliphatic rings. The number of amides is 1. The number of anilines is 1. The van der Waals surface area contributed by atoms with Gasteiger partial charge in [-0.05, 0) is 42.5 Å². The molecule has 3 nitrogen and oxygen atoms in total. The van der Waals surface area contributed by atoms with Crippen LogP contribution in [0.15, 0.2) is 46.9 Å². The number of thiazole rings is 1. The minimum absolute atomic E-state index is 0.178. The average Bonchev–Trinajstić information content (AvgIpc) is 2.80. The molecule has 0 unspecified atom stereocenters. The highest BCUT2D eigenvalue weighted by Gasteiger charge is 2.10. The quantitative estimate of drug-likeness (QED) is 0.695. The lowest BCUT2D eigenvalue weighted by atomic mass is 10.2. The Morgan fingerprint density at radius 2 is 1.95 bits per heavy atom. The summed E-state index contributed by atoms with van der Waals surface area (Å²) in [7, 11) is 0. The minimum atomic E-state index is -0.178. The molecule has 3 aromatic rings. The van der Waals surface area contributed by atoms with Gasteiger partial charge in [0, 0.05) is 15.1 Å². The molecule has 20 heavy (non-hydrogen) atoms. The maximum Gasteiger partial charge on any atom is 0.257 e. The molecule has 0 saturated carbocycles. The van der Waals surface area contributed by atoms with Crippen LogP contribution in [0.2, 0.25) is 5.02 Å². The number of hydrogen-bond donors (Lipinski definition) is 1. The second-order valence-corrected chi connectivity index (χ2v) is 6.47. The summed E-state index contributed by atoms with van der Waals surface area (Å²) >= 11 is 10.7. The lowest BCUT2D eigenvalue weighted by Gasteiger charge is -2.01. The lowest BCUT2D eigenvalue weighted by molar-refractivity contribution is 0.102. The van der Waals surface area contributed by atoms with E-state index in [-0.39, 0.29) is 5.91 Å². The topological polar surface area (TPSA) is 42.0 Å². The van der Waals surface area contributed by atoms with E-state index in [9.17, 15) is 4.79 Å². The third-order valence-corrected chi connectivity index (χ3v) is 4.37. The number of rotatable bonds is 2. The summed E-state index contributed by atoms with van der Waals surface area (Å²) in [6.45, 7) is 0. The fourth-order valence-corrected chi connectivity index (χ4v) is 3.12. The van der Waals surface area contributed by atoms with Gasteiger partial charge in [0.05, 0.1) is 10.2 Å². The normalized spacial score (nSPS) is 10.7. The Morgan fingerprint density at radius 1 is 1.20 bits per heavy atom. The second kappa shape index (κ2) is 5.52. The molecule has 1 heterocycles. The summed E-state index contributed by atoms with van der Waals surface area (Å²) in [5.41, 5.74) is 1.41. The van der Waals surface area contributed by atoms with Crippen molar-refractivity contribution in [1.82, 2.24) is 4.98 Å². The molecule has 1 aromatic heterocycles. The maximum absolute atomic E-state index is 12.1. The fourth-order valence-electron chi connectivity index (χ4n) is 1.72. The zero-order valence-corrected chi connectivity index (χ0v) is 13.2. The zero-order chi connectivity index (χ0) is 14.1. The van der Waals surface area contributed by atoms with E-state index in [2.05, 4.69) is 26.2 Å². The van der Waals surface area contributed by atoms with Crippen LogP contribution in [0, 0.1) is 0 Å². The van der Waals surface area contributed by atoms with E-state index >= 15 is 0 Å². The minimum Gasteiger partial charge on any atom is -0.298 e. The molecule has 0 radical (unpaired) electrons. The number of benzene rings is 2. The van der Waals surface area contributed by atoms with Gasteiger partial charge in [0.1, 0.15) is 0 Å². The van der Waals surface area contributed by atoms with Crippen molar-refractivity contribution in [2.75, 3.05) is 5.32 Å². The molecule has 100 valence electrons. The van der Waals surface area contributed by atoms with Gasteiger partial charge >= 0.3 is 0 Å². The van der Waals surface area contributed by atoms with Crippen LogP contribution in [-0.4, -0.2) is 10.9 Å². The third kappa shape index (κ3) is 2.85. The lowest BCUT2D eigenvalue weighted by Crippen LogP contribution is -2.11. The number of halogens is 2. The van der Waals surface area contributed by atoms with Crippen LogP contribution in [0.5, 0.6) is 0 Å². The van der Waals surface area contributed by atoms with Crippen molar-refractivity contribution >= 4 is 60.1 Å². The Kier molecular flexibility index (Phi) is 3.74. The monoisotopic (exact) mass is 366 g/mol. The maximum atomic E-state index is 12.1. The summed E-state index contributed by atoms with van der Waals surface area (Å²) in [5, 5.41) is 4.02. The van der Waals surface area contributed by atoms with E-state index in [1.165, 1.54) is 11.3 Å². The van der Waals surface area contributed by atoms with Gasteiger partial charge in [-0.1, -0.05) is 38.9 Å². The van der Waals surface area contributed by atoms with Crippen molar-refractivity contribution < 1.29 is 4.79 Å². The summed E-state index contributed by atoms with van der Waals surface area (Å²) in [6, 6.07) is 12.6. The number of carbonyl (C=O) groups is 1. The average molecular weight is 368 g/mol. The van der Waals surface area contributed by atoms with Crippen LogP contribution < -0.4 is 5.32 Å². The van der Waals surface area contributed by atoms with Crippen LogP contribution in [0.25, 0.3) is 10.2 Å². The summed E-state index contributed by atoms with van der Waals surface area (Å²) in [4.78, 5) is 16.4. The molecule has 0 bridgehead atoms. The predicted molar refractivity (Wildman–Crippen MR) is 86.7 cm³/mol. The van der Waals surface area contributed by atoms with E-state index in [1.807, 2.05) is 24.3 Å². The Balaban J connectivity index is 1.85. The Morgan fingerprint density at radius 3 is 2.70 bits per heavy atom. The van der Waals surface area contributed by atoms with E-state index in [0.717, 1.165) is 14.7 Å². The largest absolute Gasteiger partial charge is 0.298 e. The van der Waals surface area contributed by atoms with Crippen LogP contribution in [0.1, 0.15) is 10.4 Å². The van der Waals surface area contributed by atoms with E-state index in [4.69, 9.17) is 11.6 Å². The first kappa shape index (κ1) is 13.5. The van der Waals surface area contributed by atoms with E-state index < -0.39 is 0 Å². The van der Waals surface area contributed by atoms with Crippen LogP contribution in [-0.2, 0) is 0 Å². The SMILES string of the molecule is O=C(Nc1nc2ccc(Cl)cc2s1)c1ccc(Br)cc1. The number of nitrogens with one attached hydrogen (secondary N) is 1. The van der Waals surface area contributed by atoms with Gasteiger partial charge in [-0.25, -0.2) is 4.98 Å². The van der Waals surface area contributed by atoms with Gasteiger partial charge in [-0.2, -0.15) is 0 Å². The van der Waals surface area contributed by atoms with Crippen molar-refractivity contribution in [3.63, 3.8) is 0 Å². The Bertz CT molecular complexity index is 785. The fraction of sp³-hybridized carbons (Fsp3) is 0. The highest BCUT2D eigenvalue weighted by Crippen LogP contribution is 2.28. The molecule has 0 spiro atoms. The highest BCUT2D eigenvalue weighted by molar-refractivity contribution is 9.10. The Labute approximate surface area is 132 Å².